The highest BCUT2D eigenvalue weighted by molar-refractivity contribution is 6.31. The lowest BCUT2D eigenvalue weighted by Gasteiger charge is -2.23. The largest absolute Gasteiger partial charge is 0.383 e. The maximum Gasteiger partial charge on any atom is 0.292 e. The van der Waals surface area contributed by atoms with E-state index in [1.807, 2.05) is 6.07 Å². The van der Waals surface area contributed by atoms with Gasteiger partial charge >= 0.3 is 0 Å². The van der Waals surface area contributed by atoms with Crippen LogP contribution >= 0.6 is 11.6 Å². The second-order valence-corrected chi connectivity index (χ2v) is 4.21. The molecule has 1 rings (SSSR count). The van der Waals surface area contributed by atoms with Crippen molar-refractivity contribution in [2.75, 3.05) is 31.7 Å². The Morgan fingerprint density at radius 3 is 2.84 bits per heavy atom. The van der Waals surface area contributed by atoms with Gasteiger partial charge in [0.25, 0.3) is 5.69 Å². The molecule has 0 aliphatic rings. The molecule has 0 aromatic heterocycles. The van der Waals surface area contributed by atoms with E-state index < -0.39 is 4.92 Å². The maximum absolute atomic E-state index is 11.0. The molecule has 19 heavy (non-hydrogen) atoms. The number of ether oxygens (including phenoxy) is 1. The summed E-state index contributed by atoms with van der Waals surface area (Å²) in [4.78, 5) is 12.3. The third-order valence-electron chi connectivity index (χ3n) is 2.53. The average molecular weight is 284 g/mol. The topological polar surface area (TPSA) is 79.4 Å². The summed E-state index contributed by atoms with van der Waals surface area (Å²) >= 11 is 5.89. The van der Waals surface area contributed by atoms with Crippen LogP contribution in [0.2, 0.25) is 5.02 Å². The van der Waals surface area contributed by atoms with E-state index in [4.69, 9.17) is 21.6 Å². The molecule has 102 valence electrons. The first-order chi connectivity index (χ1) is 9.10. The number of nitro groups is 1. The van der Waals surface area contributed by atoms with Crippen LogP contribution in [0.4, 0.5) is 11.4 Å². The number of rotatable bonds is 7. The number of anilines is 1. The monoisotopic (exact) mass is 283 g/mol. The lowest BCUT2D eigenvalue weighted by Crippen LogP contribution is -2.28. The fourth-order valence-electron chi connectivity index (χ4n) is 1.64. The van der Waals surface area contributed by atoms with Crippen LogP contribution in [0.3, 0.4) is 0 Å². The molecule has 0 spiro atoms. The van der Waals surface area contributed by atoms with Crippen LogP contribution in [0.25, 0.3) is 0 Å². The Bertz CT molecular complexity index is 488. The average Bonchev–Trinajstić information content (AvgIpc) is 2.38. The van der Waals surface area contributed by atoms with Gasteiger partial charge in [0.1, 0.15) is 5.69 Å². The lowest BCUT2D eigenvalue weighted by atomic mass is 10.2. The predicted molar refractivity (Wildman–Crippen MR) is 72.4 cm³/mol. The van der Waals surface area contributed by atoms with E-state index >= 15 is 0 Å². The van der Waals surface area contributed by atoms with Gasteiger partial charge in [0.05, 0.1) is 24.0 Å². The fourth-order valence-corrected chi connectivity index (χ4v) is 1.81. The van der Waals surface area contributed by atoms with Crippen molar-refractivity contribution in [1.82, 2.24) is 0 Å². The number of methoxy groups -OCH3 is 1. The summed E-state index contributed by atoms with van der Waals surface area (Å²) in [7, 11) is 1.55. The standard InChI is InChI=1S/C12H14ClN3O3/c1-19-8-7-15(6-2-5-14)12-9-10(13)3-4-11(12)16(17)18/h3-4,9H,2,6-8H2,1H3. The molecule has 0 bridgehead atoms. The zero-order valence-corrected chi connectivity index (χ0v) is 11.3. The third-order valence-corrected chi connectivity index (χ3v) is 2.77. The van der Waals surface area contributed by atoms with Crippen LogP contribution in [-0.4, -0.2) is 31.7 Å². The van der Waals surface area contributed by atoms with E-state index in [-0.39, 0.29) is 12.1 Å². The van der Waals surface area contributed by atoms with Crippen molar-refractivity contribution in [3.63, 3.8) is 0 Å². The van der Waals surface area contributed by atoms with Crippen molar-refractivity contribution in [2.24, 2.45) is 0 Å². The molecule has 0 radical (unpaired) electrons. The van der Waals surface area contributed by atoms with E-state index in [9.17, 15) is 10.1 Å². The highest BCUT2D eigenvalue weighted by Gasteiger charge is 2.19. The second kappa shape index (κ2) is 7.56. The lowest BCUT2D eigenvalue weighted by molar-refractivity contribution is -0.384. The number of hydrogen-bond acceptors (Lipinski definition) is 5. The molecule has 1 aromatic carbocycles. The van der Waals surface area contributed by atoms with Gasteiger partial charge in [0, 0.05) is 31.3 Å². The van der Waals surface area contributed by atoms with Gasteiger partial charge in [-0.25, -0.2) is 0 Å². The van der Waals surface area contributed by atoms with Gasteiger partial charge in [-0.05, 0) is 12.1 Å². The Morgan fingerprint density at radius 2 is 2.26 bits per heavy atom. The molecule has 0 N–H and O–H groups in total. The molecule has 0 heterocycles. The summed E-state index contributed by atoms with van der Waals surface area (Å²) in [6.07, 6.45) is 0.271. The number of hydrogen-bond donors (Lipinski definition) is 0. The maximum atomic E-state index is 11.0. The molecule has 0 unspecified atom stereocenters. The Kier molecular flexibility index (Phi) is 6.06. The minimum absolute atomic E-state index is 0.0292. The predicted octanol–water partition coefficient (Wildman–Crippen LogP) is 2.61. The molecular formula is C12H14ClN3O3. The first-order valence-corrected chi connectivity index (χ1v) is 6.02. The van der Waals surface area contributed by atoms with Gasteiger partial charge in [0.15, 0.2) is 0 Å². The summed E-state index contributed by atoms with van der Waals surface area (Å²) in [5, 5.41) is 20.1. The molecule has 0 saturated carbocycles. The van der Waals surface area contributed by atoms with Gasteiger partial charge in [-0.2, -0.15) is 5.26 Å². The van der Waals surface area contributed by atoms with Crippen LogP contribution in [-0.2, 0) is 4.74 Å². The quantitative estimate of drug-likeness (QED) is 0.567. The van der Waals surface area contributed by atoms with Crippen molar-refractivity contribution in [1.29, 1.82) is 5.26 Å². The van der Waals surface area contributed by atoms with Gasteiger partial charge in [-0.1, -0.05) is 11.6 Å². The van der Waals surface area contributed by atoms with E-state index in [1.165, 1.54) is 18.2 Å². The van der Waals surface area contributed by atoms with E-state index in [0.29, 0.717) is 30.4 Å². The molecule has 7 heteroatoms. The fraction of sp³-hybridized carbons (Fsp3) is 0.417. The summed E-state index contributed by atoms with van der Waals surface area (Å²) in [5.74, 6) is 0. The van der Waals surface area contributed by atoms with Crippen LogP contribution < -0.4 is 4.90 Å². The minimum atomic E-state index is -0.460. The number of benzene rings is 1. The number of nitro benzene ring substituents is 1. The van der Waals surface area contributed by atoms with Crippen molar-refractivity contribution in [2.45, 2.75) is 6.42 Å². The summed E-state index contributed by atoms with van der Waals surface area (Å²) in [6.45, 7) is 1.26. The second-order valence-electron chi connectivity index (χ2n) is 3.78. The summed E-state index contributed by atoms with van der Waals surface area (Å²) < 4.78 is 4.98. The summed E-state index contributed by atoms with van der Waals surface area (Å²) in [6, 6.07) is 6.40. The van der Waals surface area contributed by atoms with Gasteiger partial charge in [-0.15, -0.1) is 0 Å². The first kappa shape index (κ1) is 15.2. The van der Waals surface area contributed by atoms with Gasteiger partial charge in [-0.3, -0.25) is 10.1 Å². The Balaban J connectivity index is 3.08. The molecule has 0 aliphatic carbocycles. The number of halogens is 1. The van der Waals surface area contributed by atoms with Crippen LogP contribution in [0.5, 0.6) is 0 Å². The SMILES string of the molecule is COCCN(CCC#N)c1cc(Cl)ccc1[N+](=O)[O-]. The number of nitriles is 1. The third kappa shape index (κ3) is 4.39. The minimum Gasteiger partial charge on any atom is -0.383 e. The molecule has 0 amide bonds. The Labute approximate surface area is 116 Å². The zero-order chi connectivity index (χ0) is 14.3. The summed E-state index contributed by atoms with van der Waals surface area (Å²) in [5.41, 5.74) is 0.378. The van der Waals surface area contributed by atoms with Crippen molar-refractivity contribution < 1.29 is 9.66 Å². The van der Waals surface area contributed by atoms with Crippen molar-refractivity contribution in [3.05, 3.63) is 33.3 Å². The van der Waals surface area contributed by atoms with E-state index in [1.54, 1.807) is 12.0 Å². The van der Waals surface area contributed by atoms with Crippen LogP contribution in [0.15, 0.2) is 18.2 Å². The zero-order valence-electron chi connectivity index (χ0n) is 10.5. The van der Waals surface area contributed by atoms with Crippen LogP contribution in [0.1, 0.15) is 6.42 Å². The van der Waals surface area contributed by atoms with Crippen molar-refractivity contribution in [3.8, 4) is 6.07 Å². The highest BCUT2D eigenvalue weighted by atomic mass is 35.5. The Hall–Kier alpha value is -1.84. The van der Waals surface area contributed by atoms with Gasteiger partial charge in [0.2, 0.25) is 0 Å². The highest BCUT2D eigenvalue weighted by Crippen LogP contribution is 2.31. The molecule has 6 nitrogen and oxygen atoms in total. The molecule has 0 aliphatic heterocycles. The normalized spacial score (nSPS) is 9.95. The Morgan fingerprint density at radius 1 is 1.53 bits per heavy atom. The number of nitrogens with zero attached hydrogens (tertiary/aromatic N) is 3. The smallest absolute Gasteiger partial charge is 0.292 e. The van der Waals surface area contributed by atoms with Gasteiger partial charge < -0.3 is 9.64 Å². The molecule has 1 aromatic rings. The van der Waals surface area contributed by atoms with Crippen molar-refractivity contribution >= 4 is 23.0 Å². The van der Waals surface area contributed by atoms with Crippen LogP contribution in [0, 0.1) is 21.4 Å². The molecule has 0 atom stereocenters. The first-order valence-electron chi connectivity index (χ1n) is 5.65. The molecular weight excluding hydrogens is 270 g/mol. The molecule has 0 saturated heterocycles. The van der Waals surface area contributed by atoms with E-state index in [0.717, 1.165) is 0 Å². The molecule has 0 fully saturated rings. The van der Waals surface area contributed by atoms with E-state index in [2.05, 4.69) is 0 Å².